The Morgan fingerprint density at radius 3 is 2.70 bits per heavy atom. The summed E-state index contributed by atoms with van der Waals surface area (Å²) in [5.74, 6) is 1.50. The first kappa shape index (κ1) is 16.0. The van der Waals surface area contributed by atoms with Gasteiger partial charge in [0.1, 0.15) is 5.82 Å². The van der Waals surface area contributed by atoms with Gasteiger partial charge in [-0.15, -0.1) is 0 Å². The van der Waals surface area contributed by atoms with Crippen molar-refractivity contribution in [3.8, 4) is 0 Å². The number of aliphatic hydroxyl groups is 1. The third kappa shape index (κ3) is 4.09. The van der Waals surface area contributed by atoms with Gasteiger partial charge in [0.25, 0.3) is 0 Å². The van der Waals surface area contributed by atoms with Crippen LogP contribution >= 0.6 is 0 Å². The first-order valence-corrected chi connectivity index (χ1v) is 8.26. The molecule has 2 aromatic heterocycles. The fourth-order valence-electron chi connectivity index (χ4n) is 2.95. The van der Waals surface area contributed by atoms with Crippen molar-refractivity contribution in [2.24, 2.45) is 5.92 Å². The highest BCUT2D eigenvalue weighted by Crippen LogP contribution is 2.21. The minimum absolute atomic E-state index is 0.308. The molecule has 124 valence electrons. The van der Waals surface area contributed by atoms with Crippen molar-refractivity contribution in [3.05, 3.63) is 41.3 Å². The van der Waals surface area contributed by atoms with E-state index in [1.165, 1.54) is 11.1 Å². The number of aromatic amines is 1. The summed E-state index contributed by atoms with van der Waals surface area (Å²) in [7, 11) is 0. The molecule has 1 saturated heterocycles. The molecule has 0 atom stereocenters. The summed E-state index contributed by atoms with van der Waals surface area (Å²) in [6, 6.07) is 4.23. The lowest BCUT2D eigenvalue weighted by Gasteiger charge is -2.32. The molecule has 6 heteroatoms. The molecule has 0 radical (unpaired) electrons. The maximum absolute atomic E-state index is 9.21. The molecule has 0 saturated carbocycles. The molecule has 2 aromatic rings. The fourth-order valence-corrected chi connectivity index (χ4v) is 2.95. The van der Waals surface area contributed by atoms with Crippen LogP contribution in [0.3, 0.4) is 0 Å². The Morgan fingerprint density at radius 2 is 2.09 bits per heavy atom. The molecule has 23 heavy (non-hydrogen) atoms. The van der Waals surface area contributed by atoms with E-state index in [2.05, 4.69) is 37.5 Å². The number of pyridine rings is 1. The van der Waals surface area contributed by atoms with Crippen LogP contribution in [0.5, 0.6) is 0 Å². The molecule has 3 rings (SSSR count). The number of hydrogen-bond donors (Lipinski definition) is 3. The van der Waals surface area contributed by atoms with Crippen LogP contribution in [-0.2, 0) is 13.1 Å². The number of rotatable bonds is 6. The monoisotopic (exact) mass is 315 g/mol. The van der Waals surface area contributed by atoms with Crippen molar-refractivity contribution >= 4 is 5.82 Å². The first-order chi connectivity index (χ1) is 11.3. The summed E-state index contributed by atoms with van der Waals surface area (Å²) in [4.78, 5) is 6.90. The summed E-state index contributed by atoms with van der Waals surface area (Å²) >= 11 is 0. The maximum atomic E-state index is 9.21. The lowest BCUT2D eigenvalue weighted by molar-refractivity contribution is 0.203. The van der Waals surface area contributed by atoms with Gasteiger partial charge in [0.2, 0.25) is 0 Å². The average Bonchev–Trinajstić information content (AvgIpc) is 3.01. The second kappa shape index (κ2) is 7.57. The van der Waals surface area contributed by atoms with Crippen LogP contribution in [0, 0.1) is 12.8 Å². The Bertz CT molecular complexity index is 602. The molecule has 1 fully saturated rings. The van der Waals surface area contributed by atoms with Gasteiger partial charge in [-0.25, -0.2) is 4.98 Å². The normalized spacial score (nSPS) is 16.0. The van der Waals surface area contributed by atoms with Gasteiger partial charge in [-0.2, -0.15) is 5.10 Å². The molecule has 0 amide bonds. The summed E-state index contributed by atoms with van der Waals surface area (Å²) in [6.45, 7) is 5.90. The third-order valence-electron chi connectivity index (χ3n) is 4.58. The van der Waals surface area contributed by atoms with Crippen LogP contribution in [0.15, 0.2) is 24.5 Å². The van der Waals surface area contributed by atoms with Gasteiger partial charge in [-0.3, -0.25) is 5.10 Å². The lowest BCUT2D eigenvalue weighted by atomic mass is 9.98. The van der Waals surface area contributed by atoms with Gasteiger partial charge in [-0.05, 0) is 37.3 Å². The van der Waals surface area contributed by atoms with E-state index in [0.717, 1.165) is 50.5 Å². The van der Waals surface area contributed by atoms with Gasteiger partial charge in [0.15, 0.2) is 0 Å². The molecule has 1 aliphatic rings. The molecule has 0 aromatic carbocycles. The number of aliphatic hydroxyl groups excluding tert-OH is 1. The zero-order chi connectivity index (χ0) is 16.1. The van der Waals surface area contributed by atoms with Crippen molar-refractivity contribution in [1.82, 2.24) is 20.5 Å². The van der Waals surface area contributed by atoms with Crippen molar-refractivity contribution in [3.63, 3.8) is 0 Å². The number of H-pyrrole nitrogens is 1. The number of aryl methyl sites for hydroxylation is 1. The van der Waals surface area contributed by atoms with Crippen LogP contribution in [0.2, 0.25) is 0 Å². The van der Waals surface area contributed by atoms with Crippen LogP contribution in [-0.4, -0.2) is 40.0 Å². The maximum Gasteiger partial charge on any atom is 0.128 e. The van der Waals surface area contributed by atoms with Crippen LogP contribution in [0.4, 0.5) is 5.82 Å². The van der Waals surface area contributed by atoms with Crippen LogP contribution < -0.4 is 10.2 Å². The van der Waals surface area contributed by atoms with E-state index in [1.54, 1.807) is 0 Å². The molecular formula is C17H25N5O. The number of nitrogens with zero attached hydrogens (tertiary/aromatic N) is 3. The number of hydrogen-bond acceptors (Lipinski definition) is 5. The quantitative estimate of drug-likeness (QED) is 0.755. The lowest BCUT2D eigenvalue weighted by Crippen LogP contribution is -2.35. The van der Waals surface area contributed by atoms with E-state index in [1.807, 2.05) is 19.3 Å². The van der Waals surface area contributed by atoms with Gasteiger partial charge < -0.3 is 15.3 Å². The van der Waals surface area contributed by atoms with Crippen LogP contribution in [0.1, 0.15) is 29.7 Å². The third-order valence-corrected chi connectivity index (χ3v) is 4.58. The summed E-state index contributed by atoms with van der Waals surface area (Å²) in [5.41, 5.74) is 3.48. The number of piperidine rings is 1. The van der Waals surface area contributed by atoms with E-state index < -0.39 is 0 Å². The summed E-state index contributed by atoms with van der Waals surface area (Å²) in [5, 5.41) is 19.6. The Labute approximate surface area is 136 Å². The highest BCUT2D eigenvalue weighted by atomic mass is 16.3. The van der Waals surface area contributed by atoms with E-state index in [-0.39, 0.29) is 0 Å². The van der Waals surface area contributed by atoms with Crippen molar-refractivity contribution in [2.45, 2.75) is 32.9 Å². The van der Waals surface area contributed by atoms with E-state index in [4.69, 9.17) is 0 Å². The van der Waals surface area contributed by atoms with E-state index in [0.29, 0.717) is 12.5 Å². The van der Waals surface area contributed by atoms with Gasteiger partial charge in [0.05, 0.1) is 6.20 Å². The minimum Gasteiger partial charge on any atom is -0.396 e. The van der Waals surface area contributed by atoms with Crippen molar-refractivity contribution in [1.29, 1.82) is 0 Å². The highest BCUT2D eigenvalue weighted by Gasteiger charge is 2.19. The Morgan fingerprint density at radius 1 is 1.26 bits per heavy atom. The van der Waals surface area contributed by atoms with Gasteiger partial charge >= 0.3 is 0 Å². The summed E-state index contributed by atoms with van der Waals surface area (Å²) in [6.07, 6.45) is 5.90. The molecule has 0 unspecified atom stereocenters. The molecular weight excluding hydrogens is 290 g/mol. The molecule has 0 aliphatic carbocycles. The first-order valence-electron chi connectivity index (χ1n) is 8.26. The molecule has 3 N–H and O–H groups in total. The zero-order valence-electron chi connectivity index (χ0n) is 13.6. The number of aromatic nitrogens is 3. The zero-order valence-corrected chi connectivity index (χ0v) is 13.6. The Balaban J connectivity index is 1.48. The SMILES string of the molecule is Cc1[nH]ncc1CNCc1ccc(N2CCC(CO)CC2)nc1. The van der Waals surface area contributed by atoms with Crippen LogP contribution in [0.25, 0.3) is 0 Å². The standard InChI is InChI=1S/C17H25N5O/c1-13-16(11-20-21-13)10-18-8-15-2-3-17(19-9-15)22-6-4-14(12-23)5-7-22/h2-3,9,11,14,18,23H,4-8,10,12H2,1H3,(H,20,21). The summed E-state index contributed by atoms with van der Waals surface area (Å²) < 4.78 is 0. The second-order valence-corrected chi connectivity index (χ2v) is 6.26. The number of anilines is 1. The molecule has 1 aliphatic heterocycles. The van der Waals surface area contributed by atoms with E-state index in [9.17, 15) is 5.11 Å². The topological polar surface area (TPSA) is 77.1 Å². The molecule has 3 heterocycles. The van der Waals surface area contributed by atoms with Crippen molar-refractivity contribution < 1.29 is 5.11 Å². The predicted molar refractivity (Wildman–Crippen MR) is 90.1 cm³/mol. The second-order valence-electron chi connectivity index (χ2n) is 6.26. The number of nitrogens with one attached hydrogen (secondary N) is 2. The molecule has 0 bridgehead atoms. The smallest absolute Gasteiger partial charge is 0.128 e. The Hall–Kier alpha value is -1.92. The minimum atomic E-state index is 0.308. The Kier molecular flexibility index (Phi) is 5.25. The highest BCUT2D eigenvalue weighted by molar-refractivity contribution is 5.39. The molecule has 0 spiro atoms. The van der Waals surface area contributed by atoms with Gasteiger partial charge in [0, 0.05) is 50.2 Å². The fraction of sp³-hybridized carbons (Fsp3) is 0.529. The average molecular weight is 315 g/mol. The predicted octanol–water partition coefficient (Wildman–Crippen LogP) is 1.61. The van der Waals surface area contributed by atoms with E-state index >= 15 is 0 Å². The van der Waals surface area contributed by atoms with Crippen molar-refractivity contribution in [2.75, 3.05) is 24.6 Å². The largest absolute Gasteiger partial charge is 0.396 e. The van der Waals surface area contributed by atoms with Gasteiger partial charge in [-0.1, -0.05) is 6.07 Å². The molecule has 6 nitrogen and oxygen atoms in total.